The van der Waals surface area contributed by atoms with Crippen molar-refractivity contribution < 1.29 is 14.3 Å². The highest BCUT2D eigenvalue weighted by molar-refractivity contribution is 5.87. The number of carbonyl (C=O) groups is 2. The summed E-state index contributed by atoms with van der Waals surface area (Å²) in [6, 6.07) is 1.94. The van der Waals surface area contributed by atoms with E-state index < -0.39 is 0 Å². The molecule has 1 fully saturated rings. The molecule has 2 heterocycles. The van der Waals surface area contributed by atoms with E-state index in [4.69, 9.17) is 4.74 Å². The first-order chi connectivity index (χ1) is 10.5. The number of hydrogen-bond acceptors (Lipinski definition) is 4. The van der Waals surface area contributed by atoms with Gasteiger partial charge in [-0.25, -0.2) is 0 Å². The van der Waals surface area contributed by atoms with Gasteiger partial charge in [-0.3, -0.25) is 14.3 Å². The third-order valence-corrected chi connectivity index (χ3v) is 3.97. The molecule has 1 aliphatic heterocycles. The average molecular weight is 308 g/mol. The van der Waals surface area contributed by atoms with Crippen LogP contribution < -0.4 is 5.32 Å². The number of ether oxygens (including phenoxy) is 1. The predicted octanol–water partition coefficient (Wildman–Crippen LogP) is 1.43. The maximum absolute atomic E-state index is 12.2. The molecule has 1 aromatic rings. The van der Waals surface area contributed by atoms with Crippen molar-refractivity contribution in [2.45, 2.75) is 45.3 Å². The van der Waals surface area contributed by atoms with Crippen LogP contribution in [0.3, 0.4) is 0 Å². The molecule has 7 nitrogen and oxygen atoms in total. The second kappa shape index (κ2) is 7.40. The van der Waals surface area contributed by atoms with Crippen molar-refractivity contribution in [2.24, 2.45) is 0 Å². The number of amides is 2. The van der Waals surface area contributed by atoms with E-state index in [0.29, 0.717) is 18.8 Å². The molecule has 22 heavy (non-hydrogen) atoms. The summed E-state index contributed by atoms with van der Waals surface area (Å²) in [6.45, 7) is 4.84. The van der Waals surface area contributed by atoms with Crippen molar-refractivity contribution in [1.82, 2.24) is 14.7 Å². The van der Waals surface area contributed by atoms with Gasteiger partial charge in [-0.05, 0) is 19.8 Å². The second-order valence-electron chi connectivity index (χ2n) is 5.73. The van der Waals surface area contributed by atoms with Crippen molar-refractivity contribution >= 4 is 17.6 Å². The minimum atomic E-state index is -0.138. The van der Waals surface area contributed by atoms with E-state index in [1.807, 2.05) is 22.7 Å². The lowest BCUT2D eigenvalue weighted by molar-refractivity contribution is -0.130. The normalized spacial score (nSPS) is 19.2. The first kappa shape index (κ1) is 16.5. The van der Waals surface area contributed by atoms with E-state index in [-0.39, 0.29) is 24.0 Å². The number of carbonyl (C=O) groups excluding carboxylic acids is 2. The highest BCUT2D eigenvalue weighted by Gasteiger charge is 2.27. The van der Waals surface area contributed by atoms with Crippen molar-refractivity contribution in [2.75, 3.05) is 25.5 Å². The molecule has 1 saturated heterocycles. The molecule has 1 aromatic heterocycles. The molecular formula is C15H24N4O3. The van der Waals surface area contributed by atoms with Crippen molar-refractivity contribution in [1.29, 1.82) is 0 Å². The lowest BCUT2D eigenvalue weighted by atomic mass is 10.2. The molecule has 2 atom stereocenters. The summed E-state index contributed by atoms with van der Waals surface area (Å²) in [4.78, 5) is 25.1. The number of nitrogens with one attached hydrogen (secondary N) is 1. The van der Waals surface area contributed by atoms with Crippen LogP contribution in [0.2, 0.25) is 0 Å². The van der Waals surface area contributed by atoms with Crippen LogP contribution in [0.15, 0.2) is 12.3 Å². The minimum Gasteiger partial charge on any atom is -0.382 e. The van der Waals surface area contributed by atoms with Gasteiger partial charge in [0, 0.05) is 45.8 Å². The van der Waals surface area contributed by atoms with Crippen LogP contribution in [0.4, 0.5) is 5.82 Å². The van der Waals surface area contributed by atoms with Crippen LogP contribution >= 0.6 is 0 Å². The Kier molecular flexibility index (Phi) is 5.54. The summed E-state index contributed by atoms with van der Waals surface area (Å²) >= 11 is 0. The number of methoxy groups -OCH3 is 1. The van der Waals surface area contributed by atoms with Gasteiger partial charge in [-0.2, -0.15) is 5.10 Å². The Morgan fingerprint density at radius 3 is 3.00 bits per heavy atom. The van der Waals surface area contributed by atoms with E-state index in [1.54, 1.807) is 13.2 Å². The van der Waals surface area contributed by atoms with Crippen molar-refractivity contribution in [3.63, 3.8) is 0 Å². The fourth-order valence-electron chi connectivity index (χ4n) is 2.58. The molecule has 1 aliphatic rings. The zero-order chi connectivity index (χ0) is 16.1. The number of likely N-dealkylation sites (tertiary alicyclic amines) is 1. The molecule has 7 heteroatoms. The number of rotatable bonds is 6. The summed E-state index contributed by atoms with van der Waals surface area (Å²) in [6.07, 6.45) is 4.08. The van der Waals surface area contributed by atoms with Gasteiger partial charge in [0.05, 0.1) is 12.1 Å². The second-order valence-corrected chi connectivity index (χ2v) is 5.73. The van der Waals surface area contributed by atoms with E-state index in [2.05, 4.69) is 10.4 Å². The van der Waals surface area contributed by atoms with Gasteiger partial charge in [0.25, 0.3) is 0 Å². The van der Waals surface area contributed by atoms with Gasteiger partial charge in [-0.1, -0.05) is 0 Å². The Balaban J connectivity index is 1.85. The van der Waals surface area contributed by atoms with Gasteiger partial charge in [0.2, 0.25) is 11.8 Å². The van der Waals surface area contributed by atoms with Gasteiger partial charge >= 0.3 is 0 Å². The smallest absolute Gasteiger partial charge is 0.222 e. The third-order valence-electron chi connectivity index (χ3n) is 3.97. The summed E-state index contributed by atoms with van der Waals surface area (Å²) in [5.74, 6) is 0.576. The molecule has 0 radical (unpaired) electrons. The van der Waals surface area contributed by atoms with Gasteiger partial charge in [0.15, 0.2) is 5.82 Å². The molecule has 0 bridgehead atoms. The van der Waals surface area contributed by atoms with Crippen molar-refractivity contribution in [3.8, 4) is 0 Å². The van der Waals surface area contributed by atoms with Crippen LogP contribution in [-0.2, 0) is 14.3 Å². The fraction of sp³-hybridized carbons (Fsp3) is 0.667. The Labute approximate surface area is 130 Å². The summed E-state index contributed by atoms with van der Waals surface area (Å²) in [5, 5.41) is 7.00. The fourth-order valence-corrected chi connectivity index (χ4v) is 2.58. The molecule has 0 unspecified atom stereocenters. The highest BCUT2D eigenvalue weighted by Crippen LogP contribution is 2.23. The molecule has 0 aliphatic carbocycles. The SMILES string of the molecule is CO[C@@H](C)CCC(=O)N1CC[C@H](n2ccc(NC(C)=O)n2)C1. The largest absolute Gasteiger partial charge is 0.382 e. The maximum Gasteiger partial charge on any atom is 0.222 e. The Hall–Kier alpha value is -1.89. The lowest BCUT2D eigenvalue weighted by Gasteiger charge is -2.17. The molecular weight excluding hydrogens is 284 g/mol. The summed E-state index contributed by atoms with van der Waals surface area (Å²) in [5.41, 5.74) is 0. The topological polar surface area (TPSA) is 76.5 Å². The molecule has 2 amide bonds. The maximum atomic E-state index is 12.2. The summed E-state index contributed by atoms with van der Waals surface area (Å²) in [7, 11) is 1.66. The predicted molar refractivity (Wildman–Crippen MR) is 82.5 cm³/mol. The minimum absolute atomic E-state index is 0.105. The number of nitrogens with zero attached hydrogens (tertiary/aromatic N) is 3. The zero-order valence-corrected chi connectivity index (χ0v) is 13.4. The van der Waals surface area contributed by atoms with Gasteiger partial charge in [-0.15, -0.1) is 0 Å². The van der Waals surface area contributed by atoms with Crippen molar-refractivity contribution in [3.05, 3.63) is 12.3 Å². The van der Waals surface area contributed by atoms with E-state index >= 15 is 0 Å². The zero-order valence-electron chi connectivity index (χ0n) is 13.4. The average Bonchev–Trinajstić information content (AvgIpc) is 3.12. The Morgan fingerprint density at radius 1 is 1.55 bits per heavy atom. The molecule has 0 spiro atoms. The third kappa shape index (κ3) is 4.30. The van der Waals surface area contributed by atoms with Crippen LogP contribution in [0.25, 0.3) is 0 Å². The Bertz CT molecular complexity index is 529. The molecule has 0 aromatic carbocycles. The van der Waals surface area contributed by atoms with E-state index in [0.717, 1.165) is 19.4 Å². The van der Waals surface area contributed by atoms with Crippen LogP contribution in [-0.4, -0.2) is 52.8 Å². The molecule has 1 N–H and O–H groups in total. The number of anilines is 1. The standard InChI is InChI=1S/C15H24N4O3/c1-11(22-3)4-5-15(21)18-8-6-13(10-18)19-9-7-14(17-19)16-12(2)20/h7,9,11,13H,4-6,8,10H2,1-3H3,(H,16,17,20)/t11-,13-/m0/s1. The number of aromatic nitrogens is 2. The summed E-state index contributed by atoms with van der Waals surface area (Å²) < 4.78 is 7.00. The highest BCUT2D eigenvalue weighted by atomic mass is 16.5. The van der Waals surface area contributed by atoms with E-state index in [1.165, 1.54) is 6.92 Å². The molecule has 2 rings (SSSR count). The van der Waals surface area contributed by atoms with Crippen LogP contribution in [0.1, 0.15) is 39.2 Å². The lowest BCUT2D eigenvalue weighted by Crippen LogP contribution is -2.29. The first-order valence-corrected chi connectivity index (χ1v) is 7.63. The van der Waals surface area contributed by atoms with Crippen LogP contribution in [0, 0.1) is 0 Å². The van der Waals surface area contributed by atoms with E-state index in [9.17, 15) is 9.59 Å². The molecule has 0 saturated carbocycles. The van der Waals surface area contributed by atoms with Gasteiger partial charge < -0.3 is 15.0 Å². The van der Waals surface area contributed by atoms with Crippen LogP contribution in [0.5, 0.6) is 0 Å². The first-order valence-electron chi connectivity index (χ1n) is 7.63. The van der Waals surface area contributed by atoms with Gasteiger partial charge in [0.1, 0.15) is 0 Å². The molecule has 122 valence electrons. The Morgan fingerprint density at radius 2 is 2.32 bits per heavy atom. The quantitative estimate of drug-likeness (QED) is 0.862. The monoisotopic (exact) mass is 308 g/mol. The number of hydrogen-bond donors (Lipinski definition) is 1.